The van der Waals surface area contributed by atoms with Crippen LogP contribution in [0.25, 0.3) is 0 Å². The number of benzene rings is 1. The van der Waals surface area contributed by atoms with Crippen LogP contribution in [0.3, 0.4) is 0 Å². The second-order valence-corrected chi connectivity index (χ2v) is 4.85. The van der Waals surface area contributed by atoms with Gasteiger partial charge < -0.3 is 0 Å². The summed E-state index contributed by atoms with van der Waals surface area (Å²) in [7, 11) is 0. The van der Waals surface area contributed by atoms with Crippen molar-refractivity contribution in [3.63, 3.8) is 0 Å². The van der Waals surface area contributed by atoms with E-state index in [0.29, 0.717) is 17.1 Å². The quantitative estimate of drug-likeness (QED) is 0.808. The summed E-state index contributed by atoms with van der Waals surface area (Å²) >= 11 is 5.71. The Hall–Kier alpha value is -1.11. The highest BCUT2D eigenvalue weighted by atomic mass is 35.5. The molecule has 1 aliphatic heterocycles. The van der Waals surface area contributed by atoms with Crippen LogP contribution in [0.5, 0.6) is 0 Å². The molecule has 0 spiro atoms. The van der Waals surface area contributed by atoms with E-state index in [1.54, 1.807) is 12.1 Å². The van der Waals surface area contributed by atoms with E-state index in [4.69, 9.17) is 16.9 Å². The molecule has 0 amide bonds. The summed E-state index contributed by atoms with van der Waals surface area (Å²) < 4.78 is 13.6. The van der Waals surface area contributed by atoms with Crippen molar-refractivity contribution in [3.8, 4) is 6.07 Å². The maximum Gasteiger partial charge on any atom is 0.129 e. The molecule has 0 aliphatic carbocycles. The number of nitrogens with zero attached hydrogens (tertiary/aromatic N) is 2. The largest absolute Gasteiger partial charge is 0.299 e. The fourth-order valence-corrected chi connectivity index (χ4v) is 2.27. The first-order valence-electron chi connectivity index (χ1n) is 5.75. The van der Waals surface area contributed by atoms with Gasteiger partial charge in [0.05, 0.1) is 6.07 Å². The van der Waals surface area contributed by atoms with E-state index < -0.39 is 0 Å². The van der Waals surface area contributed by atoms with Gasteiger partial charge in [-0.25, -0.2) is 4.39 Å². The summed E-state index contributed by atoms with van der Waals surface area (Å²) in [5, 5.41) is 9.22. The molecule has 1 fully saturated rings. The summed E-state index contributed by atoms with van der Waals surface area (Å²) in [6.45, 7) is 2.32. The minimum Gasteiger partial charge on any atom is -0.299 e. The maximum atomic E-state index is 13.6. The molecule has 1 saturated heterocycles. The summed E-state index contributed by atoms with van der Waals surface area (Å²) in [5.41, 5.74) is 0.671. The smallest absolute Gasteiger partial charge is 0.129 e. The molecule has 0 bridgehead atoms. The van der Waals surface area contributed by atoms with Crippen LogP contribution in [-0.4, -0.2) is 18.0 Å². The van der Waals surface area contributed by atoms with Gasteiger partial charge in [-0.1, -0.05) is 17.7 Å². The van der Waals surface area contributed by atoms with Crippen molar-refractivity contribution in [2.24, 2.45) is 5.92 Å². The fraction of sp³-hybridized carbons (Fsp3) is 0.462. The molecule has 0 saturated carbocycles. The van der Waals surface area contributed by atoms with Crippen molar-refractivity contribution < 1.29 is 4.39 Å². The van der Waals surface area contributed by atoms with Crippen LogP contribution in [-0.2, 0) is 6.54 Å². The highest BCUT2D eigenvalue weighted by Gasteiger charge is 2.19. The van der Waals surface area contributed by atoms with E-state index >= 15 is 0 Å². The van der Waals surface area contributed by atoms with Gasteiger partial charge in [-0.2, -0.15) is 5.26 Å². The van der Waals surface area contributed by atoms with Crippen molar-refractivity contribution in [2.45, 2.75) is 19.4 Å². The average molecular weight is 253 g/mol. The van der Waals surface area contributed by atoms with Gasteiger partial charge in [-0.05, 0) is 38.1 Å². The molecule has 0 atom stereocenters. The minimum absolute atomic E-state index is 0.168. The van der Waals surface area contributed by atoms with Gasteiger partial charge in [0.25, 0.3) is 0 Å². The number of hydrogen-bond acceptors (Lipinski definition) is 2. The number of likely N-dealkylation sites (tertiary alicyclic amines) is 1. The lowest BCUT2D eigenvalue weighted by atomic mass is 9.98. The Morgan fingerprint density at radius 2 is 2.12 bits per heavy atom. The van der Waals surface area contributed by atoms with Crippen LogP contribution in [0.15, 0.2) is 18.2 Å². The summed E-state index contributed by atoms with van der Waals surface area (Å²) in [5.74, 6) is -0.0822. The lowest BCUT2D eigenvalue weighted by Gasteiger charge is -2.29. The van der Waals surface area contributed by atoms with Crippen LogP contribution in [0.2, 0.25) is 5.02 Å². The van der Waals surface area contributed by atoms with Gasteiger partial charge in [0.15, 0.2) is 0 Å². The number of halogens is 2. The first-order valence-corrected chi connectivity index (χ1v) is 6.12. The summed E-state index contributed by atoms with van der Waals surface area (Å²) in [4.78, 5) is 2.18. The molecule has 4 heteroatoms. The third kappa shape index (κ3) is 3.18. The van der Waals surface area contributed by atoms with Crippen LogP contribution in [0.4, 0.5) is 4.39 Å². The topological polar surface area (TPSA) is 27.0 Å². The maximum absolute atomic E-state index is 13.6. The molecule has 0 unspecified atom stereocenters. The molecule has 17 heavy (non-hydrogen) atoms. The summed E-state index contributed by atoms with van der Waals surface area (Å²) in [6.07, 6.45) is 1.76. The molecule has 1 aromatic rings. The minimum atomic E-state index is -0.250. The Morgan fingerprint density at radius 1 is 1.41 bits per heavy atom. The Kier molecular flexibility index (Phi) is 3.98. The van der Waals surface area contributed by atoms with Gasteiger partial charge in [0.2, 0.25) is 0 Å². The van der Waals surface area contributed by atoms with Crippen LogP contribution in [0.1, 0.15) is 18.4 Å². The predicted octanol–water partition coefficient (Wildman–Crippen LogP) is 3.21. The molecule has 0 aromatic heterocycles. The normalized spacial score (nSPS) is 17.9. The van der Waals surface area contributed by atoms with Crippen molar-refractivity contribution in [2.75, 3.05) is 13.1 Å². The van der Waals surface area contributed by atoms with Crippen LogP contribution in [0, 0.1) is 23.1 Å². The molecule has 1 heterocycles. The van der Waals surface area contributed by atoms with Crippen LogP contribution < -0.4 is 0 Å². The molecule has 90 valence electrons. The van der Waals surface area contributed by atoms with Crippen molar-refractivity contribution in [1.82, 2.24) is 4.90 Å². The first-order chi connectivity index (χ1) is 8.19. The second-order valence-electron chi connectivity index (χ2n) is 4.42. The van der Waals surface area contributed by atoms with E-state index in [0.717, 1.165) is 25.9 Å². The Balaban J connectivity index is 1.96. The highest BCUT2D eigenvalue weighted by Crippen LogP contribution is 2.20. The van der Waals surface area contributed by atoms with E-state index in [-0.39, 0.29) is 11.7 Å². The molecule has 0 radical (unpaired) electrons. The van der Waals surface area contributed by atoms with Gasteiger partial charge in [-0.3, -0.25) is 4.90 Å². The fourth-order valence-electron chi connectivity index (χ4n) is 2.11. The number of piperidine rings is 1. The van der Waals surface area contributed by atoms with Crippen molar-refractivity contribution in [3.05, 3.63) is 34.6 Å². The first kappa shape index (κ1) is 12.3. The van der Waals surface area contributed by atoms with Gasteiger partial charge in [0, 0.05) is 23.0 Å². The van der Waals surface area contributed by atoms with Crippen molar-refractivity contribution >= 4 is 11.6 Å². The Morgan fingerprint density at radius 3 is 2.71 bits per heavy atom. The zero-order valence-electron chi connectivity index (χ0n) is 9.50. The molecular weight excluding hydrogens is 239 g/mol. The zero-order valence-corrected chi connectivity index (χ0v) is 10.3. The molecule has 1 aliphatic rings. The molecule has 1 aromatic carbocycles. The van der Waals surface area contributed by atoms with E-state index in [1.807, 2.05) is 0 Å². The third-order valence-corrected chi connectivity index (χ3v) is 3.41. The van der Waals surface area contributed by atoms with Gasteiger partial charge in [-0.15, -0.1) is 0 Å². The monoisotopic (exact) mass is 252 g/mol. The SMILES string of the molecule is N#CC1CCN(Cc2ccc(Cl)cc2F)CC1. The van der Waals surface area contributed by atoms with E-state index in [2.05, 4.69) is 11.0 Å². The van der Waals surface area contributed by atoms with Crippen LogP contribution >= 0.6 is 11.6 Å². The number of hydrogen-bond donors (Lipinski definition) is 0. The van der Waals surface area contributed by atoms with E-state index in [9.17, 15) is 4.39 Å². The number of nitriles is 1. The third-order valence-electron chi connectivity index (χ3n) is 3.18. The Bertz CT molecular complexity index is 434. The van der Waals surface area contributed by atoms with Gasteiger partial charge >= 0.3 is 0 Å². The zero-order chi connectivity index (χ0) is 12.3. The van der Waals surface area contributed by atoms with E-state index in [1.165, 1.54) is 6.07 Å². The van der Waals surface area contributed by atoms with Gasteiger partial charge in [0.1, 0.15) is 5.82 Å². The summed E-state index contributed by atoms with van der Waals surface area (Å²) in [6, 6.07) is 7.08. The molecule has 2 rings (SSSR count). The second kappa shape index (κ2) is 5.48. The molecule has 0 N–H and O–H groups in total. The average Bonchev–Trinajstić information content (AvgIpc) is 2.34. The predicted molar refractivity (Wildman–Crippen MR) is 65.0 cm³/mol. The molecular formula is C13H14ClFN2. The molecule has 2 nitrogen and oxygen atoms in total. The van der Waals surface area contributed by atoms with Crippen molar-refractivity contribution in [1.29, 1.82) is 5.26 Å². The Labute approximate surface area is 106 Å². The number of rotatable bonds is 2. The lowest BCUT2D eigenvalue weighted by molar-refractivity contribution is 0.196. The lowest BCUT2D eigenvalue weighted by Crippen LogP contribution is -2.33. The standard InChI is InChI=1S/C13H14ClFN2/c14-12-2-1-11(13(15)7-12)9-17-5-3-10(8-16)4-6-17/h1-2,7,10H,3-6,9H2. The highest BCUT2D eigenvalue weighted by molar-refractivity contribution is 6.30.